The van der Waals surface area contributed by atoms with Gasteiger partial charge in [0.15, 0.2) is 11.5 Å². The fourth-order valence-corrected chi connectivity index (χ4v) is 4.95. The van der Waals surface area contributed by atoms with Crippen LogP contribution in [0.2, 0.25) is 0 Å². The maximum atomic E-state index is 13.5. The molecular weight excluding hydrogens is 462 g/mol. The van der Waals surface area contributed by atoms with Crippen molar-refractivity contribution in [2.24, 2.45) is 5.41 Å². The van der Waals surface area contributed by atoms with E-state index in [4.69, 9.17) is 9.47 Å². The van der Waals surface area contributed by atoms with Crippen LogP contribution in [0.25, 0.3) is 11.1 Å². The topological polar surface area (TPSA) is 64.6 Å². The van der Waals surface area contributed by atoms with Gasteiger partial charge in [-0.2, -0.15) is 0 Å². The predicted molar refractivity (Wildman–Crippen MR) is 147 cm³/mol. The molecule has 1 amide bonds. The van der Waals surface area contributed by atoms with Crippen LogP contribution in [0.4, 0.5) is 0 Å². The first-order valence-corrected chi connectivity index (χ1v) is 13.1. The van der Waals surface area contributed by atoms with Crippen LogP contribution in [0.1, 0.15) is 68.5 Å². The van der Waals surface area contributed by atoms with Gasteiger partial charge in [-0.05, 0) is 83.7 Å². The van der Waals surface area contributed by atoms with Crippen molar-refractivity contribution in [1.29, 1.82) is 0 Å². The van der Waals surface area contributed by atoms with Gasteiger partial charge in [0.25, 0.3) is 5.91 Å². The summed E-state index contributed by atoms with van der Waals surface area (Å²) in [5, 5.41) is 3.01. The standard InChI is InChI=1S/C32H35NO4.H2/c1-21-5-6-22(18-29(34)32(13-14-32)25-11-12-27-28(19-25)37-20-36-27)17-26(21)23-7-9-24(10-8-23)30(35)33-16-15-31(2,3)4;/h5-12,17,19H,13-16,18,20H2,1-4H3,(H,33,35);1H. The highest BCUT2D eigenvalue weighted by Gasteiger charge is 2.50. The monoisotopic (exact) mass is 499 g/mol. The van der Waals surface area contributed by atoms with Gasteiger partial charge in [0, 0.05) is 20.0 Å². The molecule has 5 heteroatoms. The Morgan fingerprint density at radius 2 is 1.68 bits per heavy atom. The van der Waals surface area contributed by atoms with Crippen molar-refractivity contribution in [2.45, 2.75) is 58.8 Å². The fraction of sp³-hybridized carbons (Fsp3) is 0.375. The summed E-state index contributed by atoms with van der Waals surface area (Å²) in [6.07, 6.45) is 3.04. The normalized spacial score (nSPS) is 15.4. The molecule has 3 aromatic rings. The summed E-state index contributed by atoms with van der Waals surface area (Å²) in [4.78, 5) is 26.0. The highest BCUT2D eigenvalue weighted by molar-refractivity contribution is 5.95. The van der Waals surface area contributed by atoms with Crippen molar-refractivity contribution >= 4 is 11.7 Å². The van der Waals surface area contributed by atoms with E-state index in [2.05, 4.69) is 45.1 Å². The molecule has 1 aliphatic heterocycles. The van der Waals surface area contributed by atoms with E-state index in [9.17, 15) is 9.59 Å². The van der Waals surface area contributed by atoms with Gasteiger partial charge < -0.3 is 14.8 Å². The van der Waals surface area contributed by atoms with Gasteiger partial charge in [0.1, 0.15) is 5.78 Å². The molecule has 2 aliphatic rings. The van der Waals surface area contributed by atoms with E-state index in [1.54, 1.807) is 0 Å². The molecule has 5 nitrogen and oxygen atoms in total. The molecule has 0 unspecified atom stereocenters. The van der Waals surface area contributed by atoms with Crippen LogP contribution in [-0.4, -0.2) is 25.0 Å². The highest BCUT2D eigenvalue weighted by Crippen LogP contribution is 2.51. The molecule has 3 aromatic carbocycles. The SMILES string of the molecule is Cc1ccc(CC(=O)C2(c3ccc4c(c3)OCO4)CC2)cc1-c1ccc(C(=O)NCCC(C)(C)C)cc1.[HH]. The van der Waals surface area contributed by atoms with Crippen molar-refractivity contribution in [3.63, 3.8) is 0 Å². The van der Waals surface area contributed by atoms with Gasteiger partial charge in [-0.25, -0.2) is 0 Å². The van der Waals surface area contributed by atoms with Gasteiger partial charge in [-0.3, -0.25) is 9.59 Å². The van der Waals surface area contributed by atoms with Gasteiger partial charge in [-0.1, -0.05) is 57.2 Å². The number of carbonyl (C=O) groups is 2. The third kappa shape index (κ3) is 5.41. The van der Waals surface area contributed by atoms with Gasteiger partial charge >= 0.3 is 0 Å². The second-order valence-electron chi connectivity index (χ2n) is 11.5. The number of ether oxygens (including phenoxy) is 2. The van der Waals surface area contributed by atoms with Crippen molar-refractivity contribution in [1.82, 2.24) is 5.32 Å². The number of hydrogen-bond acceptors (Lipinski definition) is 4. The van der Waals surface area contributed by atoms with E-state index >= 15 is 0 Å². The van der Waals surface area contributed by atoms with Crippen molar-refractivity contribution in [3.05, 3.63) is 82.9 Å². The number of hydrogen-bond donors (Lipinski definition) is 1. The lowest BCUT2D eigenvalue weighted by Gasteiger charge is -2.18. The second kappa shape index (κ2) is 9.70. The Morgan fingerprint density at radius 3 is 2.38 bits per heavy atom. The van der Waals surface area contributed by atoms with E-state index in [1.807, 2.05) is 48.5 Å². The number of amides is 1. The molecule has 1 heterocycles. The van der Waals surface area contributed by atoms with E-state index < -0.39 is 5.41 Å². The maximum Gasteiger partial charge on any atom is 0.251 e. The van der Waals surface area contributed by atoms with Gasteiger partial charge in [0.05, 0.1) is 5.41 Å². The van der Waals surface area contributed by atoms with E-state index in [-0.39, 0.29) is 25.3 Å². The number of ketones is 1. The zero-order valence-electron chi connectivity index (χ0n) is 22.1. The number of nitrogens with one attached hydrogen (secondary N) is 1. The molecule has 0 bridgehead atoms. The smallest absolute Gasteiger partial charge is 0.251 e. The molecule has 0 spiro atoms. The molecule has 1 N–H and O–H groups in total. The van der Waals surface area contributed by atoms with Crippen LogP contribution in [-0.2, 0) is 16.6 Å². The summed E-state index contributed by atoms with van der Waals surface area (Å²) in [5.74, 6) is 1.65. The summed E-state index contributed by atoms with van der Waals surface area (Å²) in [5.41, 5.74) is 5.69. The molecule has 1 aliphatic carbocycles. The molecule has 0 saturated heterocycles. The zero-order valence-corrected chi connectivity index (χ0v) is 22.1. The second-order valence-corrected chi connectivity index (χ2v) is 11.5. The first-order chi connectivity index (χ1) is 17.6. The van der Waals surface area contributed by atoms with Crippen LogP contribution in [0, 0.1) is 12.3 Å². The summed E-state index contributed by atoms with van der Waals surface area (Å²) in [7, 11) is 0. The predicted octanol–water partition coefficient (Wildman–Crippen LogP) is 6.65. The Hall–Kier alpha value is -3.60. The number of aryl methyl sites for hydroxylation is 1. The van der Waals surface area contributed by atoms with Crippen molar-refractivity contribution in [3.8, 4) is 22.6 Å². The zero-order chi connectivity index (χ0) is 26.2. The summed E-state index contributed by atoms with van der Waals surface area (Å²) in [6, 6.07) is 19.8. The minimum Gasteiger partial charge on any atom is -0.454 e. The van der Waals surface area contributed by atoms with E-state index in [0.29, 0.717) is 18.5 Å². The Labute approximate surface area is 220 Å². The lowest BCUT2D eigenvalue weighted by Crippen LogP contribution is -2.27. The van der Waals surface area contributed by atoms with Gasteiger partial charge in [0.2, 0.25) is 6.79 Å². The molecular formula is C32H37NO4. The molecule has 37 heavy (non-hydrogen) atoms. The van der Waals surface area contributed by atoms with E-state index in [1.165, 1.54) is 0 Å². The molecule has 194 valence electrons. The van der Waals surface area contributed by atoms with Crippen LogP contribution in [0.5, 0.6) is 11.5 Å². The Kier molecular flexibility index (Phi) is 6.57. The average Bonchev–Trinajstić information content (AvgIpc) is 3.55. The maximum absolute atomic E-state index is 13.5. The lowest BCUT2D eigenvalue weighted by atomic mass is 9.87. The Morgan fingerprint density at radius 1 is 0.946 bits per heavy atom. The molecule has 0 aromatic heterocycles. The Bertz CT molecular complexity index is 1340. The fourth-order valence-electron chi connectivity index (χ4n) is 4.95. The first-order valence-electron chi connectivity index (χ1n) is 13.1. The summed E-state index contributed by atoms with van der Waals surface area (Å²) < 4.78 is 11.0. The Balaban J connectivity index is 0.00000336. The van der Waals surface area contributed by atoms with Crippen molar-refractivity contribution < 1.29 is 20.5 Å². The number of fused-ring (bicyclic) bond motifs is 1. The molecule has 1 saturated carbocycles. The number of rotatable bonds is 8. The van der Waals surface area contributed by atoms with Crippen molar-refractivity contribution in [2.75, 3.05) is 13.3 Å². The molecule has 5 rings (SSSR count). The summed E-state index contributed by atoms with van der Waals surface area (Å²) >= 11 is 0. The molecule has 1 fully saturated rings. The molecule has 0 radical (unpaired) electrons. The van der Waals surface area contributed by atoms with Crippen LogP contribution >= 0.6 is 0 Å². The molecule has 0 atom stereocenters. The minimum atomic E-state index is -0.423. The van der Waals surface area contributed by atoms with E-state index in [0.717, 1.165) is 58.6 Å². The third-order valence-corrected chi connectivity index (χ3v) is 7.49. The first kappa shape index (κ1) is 25.1. The lowest BCUT2D eigenvalue weighted by molar-refractivity contribution is -0.120. The van der Waals surface area contributed by atoms with Crippen LogP contribution in [0.3, 0.4) is 0 Å². The minimum absolute atomic E-state index is 0. The van der Waals surface area contributed by atoms with Crippen LogP contribution < -0.4 is 14.8 Å². The van der Waals surface area contributed by atoms with Gasteiger partial charge in [-0.15, -0.1) is 0 Å². The number of Topliss-reactive ketones (excluding diaryl/α,β-unsaturated/α-hetero) is 1. The largest absolute Gasteiger partial charge is 0.454 e. The number of benzene rings is 3. The highest BCUT2D eigenvalue weighted by atomic mass is 16.7. The number of carbonyl (C=O) groups excluding carboxylic acids is 2. The average molecular weight is 500 g/mol. The van der Waals surface area contributed by atoms with Crippen LogP contribution in [0.15, 0.2) is 60.7 Å². The summed E-state index contributed by atoms with van der Waals surface area (Å²) in [6.45, 7) is 9.46. The third-order valence-electron chi connectivity index (χ3n) is 7.49. The quantitative estimate of drug-likeness (QED) is 0.377.